The Morgan fingerprint density at radius 1 is 1.42 bits per heavy atom. The zero-order chi connectivity index (χ0) is 18.8. The molecule has 3 rings (SSSR count). The average molecular weight is 369 g/mol. The van der Waals surface area contributed by atoms with Gasteiger partial charge in [-0.3, -0.25) is 9.48 Å². The number of rotatable bonds is 4. The lowest BCUT2D eigenvalue weighted by Crippen LogP contribution is -2.21. The van der Waals surface area contributed by atoms with Crippen molar-refractivity contribution in [3.05, 3.63) is 40.0 Å². The molecule has 132 valence electrons. The van der Waals surface area contributed by atoms with Crippen LogP contribution in [-0.4, -0.2) is 33.2 Å². The highest BCUT2D eigenvalue weighted by molar-refractivity contribution is 7.14. The number of ether oxygens (including phenoxy) is 1. The van der Waals surface area contributed by atoms with Crippen molar-refractivity contribution in [2.24, 2.45) is 7.05 Å². The third-order valence-corrected chi connectivity index (χ3v) is 4.52. The second-order valence-electron chi connectivity index (χ2n) is 5.62. The second kappa shape index (κ2) is 6.93. The Bertz CT molecular complexity index is 1060. The first-order valence-electron chi connectivity index (χ1n) is 7.66. The van der Waals surface area contributed by atoms with E-state index in [4.69, 9.17) is 10.00 Å². The number of amides is 1. The zero-order valence-electron chi connectivity index (χ0n) is 14.4. The highest BCUT2D eigenvalue weighted by Crippen LogP contribution is 2.23. The van der Waals surface area contributed by atoms with Gasteiger partial charge >= 0.3 is 5.97 Å². The summed E-state index contributed by atoms with van der Waals surface area (Å²) in [5.74, 6) is -1.14. The minimum Gasteiger partial charge on any atom is -0.452 e. The Kier molecular flexibility index (Phi) is 4.69. The summed E-state index contributed by atoms with van der Waals surface area (Å²) in [4.78, 5) is 28.9. The first-order chi connectivity index (χ1) is 12.4. The highest BCUT2D eigenvalue weighted by Gasteiger charge is 2.20. The van der Waals surface area contributed by atoms with Crippen molar-refractivity contribution >= 4 is 39.2 Å². The molecule has 0 unspecified atom stereocenters. The van der Waals surface area contributed by atoms with E-state index in [2.05, 4.69) is 15.4 Å². The van der Waals surface area contributed by atoms with Crippen LogP contribution in [0.4, 0.5) is 5.00 Å². The number of nitriles is 1. The number of hydrogen-bond donors (Lipinski definition) is 1. The largest absolute Gasteiger partial charge is 0.452 e. The molecule has 8 nitrogen and oxygen atoms in total. The van der Waals surface area contributed by atoms with Crippen LogP contribution in [-0.2, 0) is 16.6 Å². The number of hydrogen-bond acceptors (Lipinski definition) is 7. The van der Waals surface area contributed by atoms with Gasteiger partial charge in [-0.15, -0.1) is 11.3 Å². The van der Waals surface area contributed by atoms with Crippen molar-refractivity contribution in [3.8, 4) is 6.07 Å². The number of fused-ring (bicyclic) bond motifs is 1. The third-order valence-electron chi connectivity index (χ3n) is 3.69. The van der Waals surface area contributed by atoms with Crippen LogP contribution in [0.15, 0.2) is 17.5 Å². The summed E-state index contributed by atoms with van der Waals surface area (Å²) >= 11 is 1.23. The van der Waals surface area contributed by atoms with E-state index in [9.17, 15) is 9.59 Å². The summed E-state index contributed by atoms with van der Waals surface area (Å²) in [6.45, 7) is 3.10. The smallest absolute Gasteiger partial charge is 0.339 e. The number of carbonyl (C=O) groups is 2. The van der Waals surface area contributed by atoms with Crippen LogP contribution in [0.1, 0.15) is 27.3 Å². The molecular weight excluding hydrogens is 354 g/mol. The Labute approximate surface area is 153 Å². The van der Waals surface area contributed by atoms with E-state index in [0.29, 0.717) is 38.5 Å². The molecule has 3 aromatic rings. The predicted molar refractivity (Wildman–Crippen MR) is 95.9 cm³/mol. The molecule has 0 atom stereocenters. The molecule has 0 aliphatic carbocycles. The van der Waals surface area contributed by atoms with Gasteiger partial charge in [0.2, 0.25) is 0 Å². The fourth-order valence-electron chi connectivity index (χ4n) is 2.60. The zero-order valence-corrected chi connectivity index (χ0v) is 15.2. The summed E-state index contributed by atoms with van der Waals surface area (Å²) < 4.78 is 6.74. The molecule has 1 N–H and O–H groups in total. The Hall–Kier alpha value is -3.25. The summed E-state index contributed by atoms with van der Waals surface area (Å²) in [6.07, 6.45) is 0. The van der Waals surface area contributed by atoms with Gasteiger partial charge in [-0.2, -0.15) is 10.4 Å². The van der Waals surface area contributed by atoms with Crippen molar-refractivity contribution in [2.75, 3.05) is 11.9 Å². The number of pyridine rings is 1. The predicted octanol–water partition coefficient (Wildman–Crippen LogP) is 2.31. The normalized spacial score (nSPS) is 10.5. The van der Waals surface area contributed by atoms with Crippen LogP contribution >= 0.6 is 11.3 Å². The number of aryl methyl sites for hydroxylation is 3. The van der Waals surface area contributed by atoms with Crippen molar-refractivity contribution in [1.82, 2.24) is 14.8 Å². The molecule has 0 aliphatic rings. The van der Waals surface area contributed by atoms with Gasteiger partial charge in [0.1, 0.15) is 11.1 Å². The lowest BCUT2D eigenvalue weighted by Gasteiger charge is -2.07. The second-order valence-corrected chi connectivity index (χ2v) is 6.53. The third kappa shape index (κ3) is 3.27. The molecule has 0 saturated carbocycles. The molecule has 0 saturated heterocycles. The molecule has 1 amide bonds. The lowest BCUT2D eigenvalue weighted by atomic mass is 10.1. The first kappa shape index (κ1) is 17.6. The van der Waals surface area contributed by atoms with Crippen molar-refractivity contribution in [3.63, 3.8) is 0 Å². The van der Waals surface area contributed by atoms with E-state index < -0.39 is 18.5 Å². The molecule has 0 spiro atoms. The molecule has 0 aliphatic heterocycles. The number of nitrogens with zero attached hydrogens (tertiary/aromatic N) is 4. The quantitative estimate of drug-likeness (QED) is 0.707. The van der Waals surface area contributed by atoms with Crippen molar-refractivity contribution in [2.45, 2.75) is 13.8 Å². The maximum Gasteiger partial charge on any atom is 0.339 e. The van der Waals surface area contributed by atoms with E-state index in [1.807, 2.05) is 6.07 Å². The van der Waals surface area contributed by atoms with E-state index in [0.717, 1.165) is 0 Å². The van der Waals surface area contributed by atoms with Crippen LogP contribution in [0.2, 0.25) is 0 Å². The van der Waals surface area contributed by atoms with Crippen LogP contribution in [0.3, 0.4) is 0 Å². The number of aromatic nitrogens is 3. The van der Waals surface area contributed by atoms with E-state index in [1.165, 1.54) is 11.3 Å². The molecule has 3 heterocycles. The van der Waals surface area contributed by atoms with Gasteiger partial charge in [0, 0.05) is 12.7 Å². The average Bonchev–Trinajstić information content (AvgIpc) is 3.16. The van der Waals surface area contributed by atoms with E-state index in [-0.39, 0.29) is 0 Å². The fourth-order valence-corrected chi connectivity index (χ4v) is 3.35. The van der Waals surface area contributed by atoms with E-state index in [1.54, 1.807) is 43.1 Å². The lowest BCUT2D eigenvalue weighted by molar-refractivity contribution is -0.119. The van der Waals surface area contributed by atoms with Crippen LogP contribution in [0, 0.1) is 25.2 Å². The van der Waals surface area contributed by atoms with Gasteiger partial charge < -0.3 is 10.1 Å². The van der Waals surface area contributed by atoms with Crippen LogP contribution in [0.25, 0.3) is 11.0 Å². The molecule has 0 radical (unpaired) electrons. The first-order valence-corrected chi connectivity index (χ1v) is 8.54. The standard InChI is InChI=1S/C17H15N5O3S/c1-9-6-12(14-10(2)21-22(3)15(14)19-9)17(24)25-8-13(23)20-16-11(7-18)4-5-26-16/h4-6H,8H2,1-3H3,(H,20,23). The minimum atomic E-state index is -0.626. The number of carbonyl (C=O) groups excluding carboxylic acids is 2. The van der Waals surface area contributed by atoms with Crippen molar-refractivity contribution < 1.29 is 14.3 Å². The number of anilines is 1. The Morgan fingerprint density at radius 2 is 2.19 bits per heavy atom. The van der Waals surface area contributed by atoms with E-state index >= 15 is 0 Å². The van der Waals surface area contributed by atoms with Gasteiger partial charge in [0.25, 0.3) is 5.91 Å². The van der Waals surface area contributed by atoms with Crippen LogP contribution < -0.4 is 5.32 Å². The van der Waals surface area contributed by atoms with Gasteiger partial charge in [0.15, 0.2) is 12.3 Å². The van der Waals surface area contributed by atoms with Gasteiger partial charge in [-0.05, 0) is 31.4 Å². The number of esters is 1. The SMILES string of the molecule is Cc1cc(C(=O)OCC(=O)Nc2sccc2C#N)c2c(C)nn(C)c2n1. The molecule has 0 aromatic carbocycles. The molecule has 26 heavy (non-hydrogen) atoms. The number of thiophene rings is 1. The number of nitrogens with one attached hydrogen (secondary N) is 1. The Balaban J connectivity index is 1.76. The monoisotopic (exact) mass is 369 g/mol. The summed E-state index contributed by atoms with van der Waals surface area (Å²) in [7, 11) is 1.75. The van der Waals surface area contributed by atoms with Crippen LogP contribution in [0.5, 0.6) is 0 Å². The fraction of sp³-hybridized carbons (Fsp3) is 0.235. The Morgan fingerprint density at radius 3 is 2.92 bits per heavy atom. The maximum absolute atomic E-state index is 12.5. The molecule has 3 aromatic heterocycles. The molecule has 0 bridgehead atoms. The molecular formula is C17H15N5O3S. The molecule has 0 fully saturated rings. The highest BCUT2D eigenvalue weighted by atomic mass is 32.1. The van der Waals surface area contributed by atoms with Crippen molar-refractivity contribution in [1.29, 1.82) is 5.26 Å². The van der Waals surface area contributed by atoms with Gasteiger partial charge in [-0.1, -0.05) is 0 Å². The maximum atomic E-state index is 12.5. The topological polar surface area (TPSA) is 110 Å². The summed E-state index contributed by atoms with van der Waals surface area (Å²) in [5.41, 5.74) is 2.57. The van der Waals surface area contributed by atoms with Gasteiger partial charge in [0.05, 0.1) is 22.2 Å². The van der Waals surface area contributed by atoms with Gasteiger partial charge in [-0.25, -0.2) is 9.78 Å². The summed E-state index contributed by atoms with van der Waals surface area (Å²) in [5, 5.41) is 18.5. The minimum absolute atomic E-state index is 0.319. The summed E-state index contributed by atoms with van der Waals surface area (Å²) in [6, 6.07) is 5.20. The molecule has 9 heteroatoms.